The lowest BCUT2D eigenvalue weighted by Crippen LogP contribution is -2.51. The Hall–Kier alpha value is -1.05. The lowest BCUT2D eigenvalue weighted by molar-refractivity contribution is -0.123. The maximum Gasteiger partial charge on any atom is 0.214 e. The number of fused-ring (bicyclic) bond motifs is 1. The zero-order valence-electron chi connectivity index (χ0n) is 9.73. The Kier molecular flexibility index (Phi) is 2.45. The van der Waals surface area contributed by atoms with E-state index in [1.165, 1.54) is 5.70 Å². The summed E-state index contributed by atoms with van der Waals surface area (Å²) in [5, 5.41) is 0. The number of rotatable bonds is 1. The second kappa shape index (κ2) is 3.51. The third-order valence-corrected chi connectivity index (χ3v) is 3.72. The Balaban J connectivity index is 2.39. The summed E-state index contributed by atoms with van der Waals surface area (Å²) in [6.45, 7) is 6.59. The summed E-state index contributed by atoms with van der Waals surface area (Å²) >= 11 is 0. The van der Waals surface area contributed by atoms with Crippen LogP contribution in [0.1, 0.15) is 33.6 Å². The summed E-state index contributed by atoms with van der Waals surface area (Å²) in [5.41, 5.74) is 1.17. The van der Waals surface area contributed by atoms with Crippen molar-refractivity contribution in [3.8, 4) is 0 Å². The summed E-state index contributed by atoms with van der Waals surface area (Å²) < 4.78 is 0. The molecule has 1 aliphatic carbocycles. The fourth-order valence-electron chi connectivity index (χ4n) is 3.00. The van der Waals surface area contributed by atoms with Crippen LogP contribution in [0, 0.1) is 11.8 Å². The first kappa shape index (κ1) is 10.5. The topological polar surface area (TPSA) is 20.3 Å². The highest BCUT2D eigenvalue weighted by Gasteiger charge is 2.41. The molecule has 2 unspecified atom stereocenters. The minimum atomic E-state index is -0.0331. The molecule has 82 valence electrons. The summed E-state index contributed by atoms with van der Waals surface area (Å²) in [6.07, 6.45) is 9.52. The molecule has 1 aliphatic heterocycles. The number of hydrogen-bond acceptors (Lipinski definition) is 1. The molecule has 1 fully saturated rings. The minimum Gasteiger partial charge on any atom is -0.313 e. The van der Waals surface area contributed by atoms with Crippen LogP contribution in [-0.4, -0.2) is 16.8 Å². The molecule has 2 nitrogen and oxygen atoms in total. The van der Waals surface area contributed by atoms with E-state index in [4.69, 9.17) is 0 Å². The van der Waals surface area contributed by atoms with Gasteiger partial charge in [-0.05, 0) is 38.7 Å². The van der Waals surface area contributed by atoms with E-state index in [0.29, 0.717) is 11.8 Å². The van der Waals surface area contributed by atoms with E-state index in [-0.39, 0.29) is 5.54 Å². The zero-order valence-corrected chi connectivity index (χ0v) is 9.73. The summed E-state index contributed by atoms with van der Waals surface area (Å²) in [6, 6.07) is 0. The molecule has 15 heavy (non-hydrogen) atoms. The van der Waals surface area contributed by atoms with Crippen molar-refractivity contribution in [2.75, 3.05) is 0 Å². The third-order valence-electron chi connectivity index (χ3n) is 3.72. The van der Waals surface area contributed by atoms with Crippen LogP contribution in [-0.2, 0) is 4.79 Å². The van der Waals surface area contributed by atoms with Crippen LogP contribution < -0.4 is 0 Å². The standard InChI is InChI=1S/C13H19NO/c1-10-8-13(2,3)14(9-15)12-7-5-4-6-11(10)12/h4-5,7,9-11H,6,8H2,1-3H3. The number of amides is 1. The van der Waals surface area contributed by atoms with Crippen molar-refractivity contribution < 1.29 is 4.79 Å². The molecule has 2 heteroatoms. The van der Waals surface area contributed by atoms with Gasteiger partial charge in [-0.3, -0.25) is 4.79 Å². The molecule has 0 aromatic heterocycles. The van der Waals surface area contributed by atoms with Crippen molar-refractivity contribution in [3.63, 3.8) is 0 Å². The van der Waals surface area contributed by atoms with Crippen LogP contribution >= 0.6 is 0 Å². The van der Waals surface area contributed by atoms with Gasteiger partial charge < -0.3 is 4.90 Å². The Labute approximate surface area is 91.6 Å². The predicted molar refractivity (Wildman–Crippen MR) is 61.1 cm³/mol. The van der Waals surface area contributed by atoms with Gasteiger partial charge in [0.25, 0.3) is 0 Å². The van der Waals surface area contributed by atoms with Crippen molar-refractivity contribution in [1.82, 2.24) is 4.90 Å². The largest absolute Gasteiger partial charge is 0.313 e. The van der Waals surface area contributed by atoms with Crippen molar-refractivity contribution in [2.24, 2.45) is 11.8 Å². The molecule has 2 rings (SSSR count). The van der Waals surface area contributed by atoms with E-state index in [0.717, 1.165) is 19.3 Å². The number of hydrogen-bond donors (Lipinski definition) is 0. The van der Waals surface area contributed by atoms with E-state index in [1.807, 2.05) is 4.90 Å². The fraction of sp³-hybridized carbons (Fsp3) is 0.615. The smallest absolute Gasteiger partial charge is 0.214 e. The van der Waals surface area contributed by atoms with Crippen molar-refractivity contribution in [1.29, 1.82) is 0 Å². The number of carbonyl (C=O) groups is 1. The molecular formula is C13H19NO. The zero-order chi connectivity index (χ0) is 11.1. The number of likely N-dealkylation sites (tertiary alicyclic amines) is 1. The molecule has 2 aliphatic rings. The van der Waals surface area contributed by atoms with Gasteiger partial charge >= 0.3 is 0 Å². The van der Waals surface area contributed by atoms with Crippen LogP contribution in [0.4, 0.5) is 0 Å². The van der Waals surface area contributed by atoms with Gasteiger partial charge in [-0.25, -0.2) is 0 Å². The van der Waals surface area contributed by atoms with E-state index in [2.05, 4.69) is 39.0 Å². The van der Waals surface area contributed by atoms with E-state index in [9.17, 15) is 4.79 Å². The molecule has 0 saturated carbocycles. The Bertz CT molecular complexity index is 327. The van der Waals surface area contributed by atoms with Gasteiger partial charge in [0.2, 0.25) is 6.41 Å². The summed E-state index contributed by atoms with van der Waals surface area (Å²) in [5.74, 6) is 1.20. The average molecular weight is 205 g/mol. The number of nitrogens with zero attached hydrogens (tertiary/aromatic N) is 1. The lowest BCUT2D eigenvalue weighted by atomic mass is 9.73. The highest BCUT2D eigenvalue weighted by Crippen LogP contribution is 2.43. The normalized spacial score (nSPS) is 33.3. The van der Waals surface area contributed by atoms with Gasteiger partial charge in [-0.1, -0.05) is 19.1 Å². The molecule has 2 atom stereocenters. The van der Waals surface area contributed by atoms with Gasteiger partial charge in [0.15, 0.2) is 0 Å². The van der Waals surface area contributed by atoms with Crippen molar-refractivity contribution in [3.05, 3.63) is 23.9 Å². The molecule has 1 amide bonds. The summed E-state index contributed by atoms with van der Waals surface area (Å²) in [7, 11) is 0. The molecule has 0 spiro atoms. The van der Waals surface area contributed by atoms with Crippen LogP contribution in [0.25, 0.3) is 0 Å². The number of carbonyl (C=O) groups excluding carboxylic acids is 1. The van der Waals surface area contributed by atoms with Crippen LogP contribution in [0.3, 0.4) is 0 Å². The van der Waals surface area contributed by atoms with E-state index >= 15 is 0 Å². The Morgan fingerprint density at radius 2 is 2.27 bits per heavy atom. The summed E-state index contributed by atoms with van der Waals surface area (Å²) in [4.78, 5) is 13.1. The molecule has 0 bridgehead atoms. The SMILES string of the molecule is CC1CC(C)(C)N(C=O)C2=CC=CCC21. The van der Waals surface area contributed by atoms with Gasteiger partial charge in [-0.15, -0.1) is 0 Å². The first-order valence-corrected chi connectivity index (χ1v) is 5.67. The predicted octanol–water partition coefficient (Wildman–Crippen LogP) is 2.72. The molecule has 0 radical (unpaired) electrons. The van der Waals surface area contributed by atoms with Crippen LogP contribution in [0.2, 0.25) is 0 Å². The Morgan fingerprint density at radius 1 is 1.53 bits per heavy atom. The second-order valence-electron chi connectivity index (χ2n) is 5.33. The highest BCUT2D eigenvalue weighted by molar-refractivity contribution is 5.55. The fourth-order valence-corrected chi connectivity index (χ4v) is 3.00. The number of piperidine rings is 1. The molecule has 0 aromatic rings. The van der Waals surface area contributed by atoms with Crippen LogP contribution in [0.15, 0.2) is 23.9 Å². The van der Waals surface area contributed by atoms with Gasteiger partial charge in [0, 0.05) is 17.2 Å². The molecule has 1 heterocycles. The molecule has 0 N–H and O–H groups in total. The van der Waals surface area contributed by atoms with E-state index < -0.39 is 0 Å². The third kappa shape index (κ3) is 1.62. The number of allylic oxidation sites excluding steroid dienone is 4. The quantitative estimate of drug-likeness (QED) is 0.603. The first-order chi connectivity index (χ1) is 7.06. The Morgan fingerprint density at radius 3 is 2.93 bits per heavy atom. The minimum absolute atomic E-state index is 0.0331. The molecule has 0 aromatic carbocycles. The van der Waals surface area contributed by atoms with Crippen molar-refractivity contribution >= 4 is 6.41 Å². The van der Waals surface area contributed by atoms with E-state index in [1.54, 1.807) is 0 Å². The van der Waals surface area contributed by atoms with Gasteiger partial charge in [0.05, 0.1) is 0 Å². The first-order valence-electron chi connectivity index (χ1n) is 5.67. The molecular weight excluding hydrogens is 186 g/mol. The monoisotopic (exact) mass is 205 g/mol. The van der Waals surface area contributed by atoms with Gasteiger partial charge in [-0.2, -0.15) is 0 Å². The maximum atomic E-state index is 11.2. The highest BCUT2D eigenvalue weighted by atomic mass is 16.1. The lowest BCUT2D eigenvalue weighted by Gasteiger charge is -2.49. The average Bonchev–Trinajstić information content (AvgIpc) is 2.17. The van der Waals surface area contributed by atoms with Crippen LogP contribution in [0.5, 0.6) is 0 Å². The van der Waals surface area contributed by atoms with Crippen molar-refractivity contribution in [2.45, 2.75) is 39.2 Å². The van der Waals surface area contributed by atoms with Gasteiger partial charge in [0.1, 0.15) is 0 Å². The molecule has 1 saturated heterocycles. The second-order valence-corrected chi connectivity index (χ2v) is 5.33. The maximum absolute atomic E-state index is 11.2.